The predicted molar refractivity (Wildman–Crippen MR) is 226 cm³/mol. The molecule has 2 heterocycles. The van der Waals surface area contributed by atoms with Gasteiger partial charge in [-0.15, -0.1) is 0 Å². The zero-order valence-electron chi connectivity index (χ0n) is 33.9. The van der Waals surface area contributed by atoms with E-state index in [1.54, 1.807) is 56.7 Å². The molecule has 0 amide bonds. The van der Waals surface area contributed by atoms with Gasteiger partial charge in [0.15, 0.2) is 6.23 Å². The van der Waals surface area contributed by atoms with Crippen molar-refractivity contribution in [3.63, 3.8) is 0 Å². The van der Waals surface area contributed by atoms with Gasteiger partial charge in [-0.2, -0.15) is 4.57 Å². The number of aromatic nitrogens is 2. The fourth-order valence-corrected chi connectivity index (χ4v) is 7.51. The largest absolute Gasteiger partial charge is 0.497 e. The van der Waals surface area contributed by atoms with Gasteiger partial charge in [0.1, 0.15) is 29.3 Å². The van der Waals surface area contributed by atoms with Gasteiger partial charge in [-0.3, -0.25) is 19.1 Å². The van der Waals surface area contributed by atoms with Crippen LogP contribution in [0.15, 0.2) is 161 Å². The summed E-state index contributed by atoms with van der Waals surface area (Å²) in [6, 6.07) is 42.8. The lowest BCUT2D eigenvalue weighted by atomic mass is 9.79. The van der Waals surface area contributed by atoms with Crippen molar-refractivity contribution in [1.82, 2.24) is 14.0 Å². The number of methoxy groups -OCH3 is 2. The Balaban J connectivity index is 1.37. The maximum Gasteiger partial charge on any atom is 0.340 e. The number of morpholine rings is 1. The van der Waals surface area contributed by atoms with Crippen molar-refractivity contribution in [2.45, 2.75) is 37.3 Å². The van der Waals surface area contributed by atoms with Crippen molar-refractivity contribution >= 4 is 11.9 Å². The smallest absolute Gasteiger partial charge is 0.340 e. The Labute approximate surface area is 348 Å². The molecule has 308 valence electrons. The first-order valence-corrected chi connectivity index (χ1v) is 19.6. The van der Waals surface area contributed by atoms with Gasteiger partial charge in [0.25, 0.3) is 11.5 Å². The number of benzene rings is 5. The van der Waals surface area contributed by atoms with E-state index in [-0.39, 0.29) is 37.9 Å². The Morgan fingerprint density at radius 3 is 1.75 bits per heavy atom. The first kappa shape index (κ1) is 41.6. The van der Waals surface area contributed by atoms with Gasteiger partial charge in [0.2, 0.25) is 0 Å². The second-order valence-electron chi connectivity index (χ2n) is 14.9. The van der Waals surface area contributed by atoms with E-state index in [1.807, 2.05) is 98.8 Å². The summed E-state index contributed by atoms with van der Waals surface area (Å²) < 4.78 is 33.4. The zero-order valence-corrected chi connectivity index (χ0v) is 33.9. The summed E-state index contributed by atoms with van der Waals surface area (Å²) in [5.41, 5.74) is -1.50. The third kappa shape index (κ3) is 8.57. The maximum absolute atomic E-state index is 14.3. The molecule has 0 spiro atoms. The monoisotopic (exact) mass is 809 g/mol. The normalized spacial score (nSPS) is 16.9. The first-order valence-electron chi connectivity index (χ1n) is 19.6. The highest BCUT2D eigenvalue weighted by Gasteiger charge is 2.48. The summed E-state index contributed by atoms with van der Waals surface area (Å²) in [7, 11) is 3.21. The molecule has 0 aliphatic carbocycles. The van der Waals surface area contributed by atoms with Crippen LogP contribution >= 0.6 is 0 Å². The Hall–Kier alpha value is -6.60. The topological polar surface area (TPSA) is 128 Å². The minimum Gasteiger partial charge on any atom is -0.497 e. The van der Waals surface area contributed by atoms with Crippen LogP contribution in [0.1, 0.15) is 57.5 Å². The highest BCUT2D eigenvalue weighted by Crippen LogP contribution is 2.43. The van der Waals surface area contributed by atoms with Crippen LogP contribution in [-0.4, -0.2) is 78.1 Å². The predicted octanol–water partition coefficient (Wildman–Crippen LogP) is 6.56. The standard InChI is InChI=1S/C48H47N3O9/c1-34(2)49-30-43(50-29-28-42(52)51(46(50)55)44(53)35-14-8-5-9-15-35)60-47(31-49,32-58-45(54)36-16-10-6-11-17-36)33-59-48(37-18-12-7-13-19-37,38-20-24-40(56-3)25-21-38)39-22-26-41(57-4)27-23-39/h5-29,34,43H,30-33H2,1-4H3/t43-,47+/m1/s1. The van der Waals surface area contributed by atoms with E-state index >= 15 is 0 Å². The fourth-order valence-electron chi connectivity index (χ4n) is 7.51. The van der Waals surface area contributed by atoms with Crippen molar-refractivity contribution in [3.8, 4) is 11.5 Å². The molecule has 60 heavy (non-hydrogen) atoms. The molecule has 1 aromatic heterocycles. The molecule has 12 nitrogen and oxygen atoms in total. The highest BCUT2D eigenvalue weighted by molar-refractivity contribution is 5.95. The van der Waals surface area contributed by atoms with Crippen molar-refractivity contribution in [1.29, 1.82) is 0 Å². The number of rotatable bonds is 14. The average molecular weight is 810 g/mol. The molecule has 1 aliphatic heterocycles. The van der Waals surface area contributed by atoms with Crippen molar-refractivity contribution in [2.75, 3.05) is 40.5 Å². The number of ether oxygens (including phenoxy) is 5. The van der Waals surface area contributed by atoms with Crippen molar-refractivity contribution in [3.05, 3.63) is 200 Å². The van der Waals surface area contributed by atoms with E-state index in [2.05, 4.69) is 4.90 Å². The van der Waals surface area contributed by atoms with Crippen LogP contribution in [0.3, 0.4) is 0 Å². The molecular weight excluding hydrogens is 763 g/mol. The number of carbonyl (C=O) groups is 2. The van der Waals surface area contributed by atoms with E-state index in [1.165, 1.54) is 29.0 Å². The van der Waals surface area contributed by atoms with Crippen LogP contribution in [-0.2, 0) is 19.8 Å². The summed E-state index contributed by atoms with van der Waals surface area (Å²) in [6.07, 6.45) is 0.273. The lowest BCUT2D eigenvalue weighted by Gasteiger charge is -2.48. The minimum absolute atomic E-state index is 0.0878. The lowest BCUT2D eigenvalue weighted by molar-refractivity contribution is -0.234. The molecule has 12 heteroatoms. The SMILES string of the molecule is COc1ccc(C(OC[C@@]2(COC(=O)c3ccccc3)CN(C(C)C)C[C@H](n3ccc(=O)n(C(=O)c4ccccc4)c3=O)O2)(c2ccccc2)c2ccc(OC)cc2)cc1. The highest BCUT2D eigenvalue weighted by atomic mass is 16.6. The molecule has 0 bridgehead atoms. The number of esters is 1. The van der Waals surface area contributed by atoms with Crippen LogP contribution in [0.4, 0.5) is 0 Å². The van der Waals surface area contributed by atoms with Gasteiger partial charge in [0.05, 0.1) is 26.4 Å². The lowest BCUT2D eigenvalue weighted by Crippen LogP contribution is -2.62. The maximum atomic E-state index is 14.3. The Bertz CT molecular complexity index is 2460. The second-order valence-corrected chi connectivity index (χ2v) is 14.9. The van der Waals surface area contributed by atoms with Gasteiger partial charge in [-0.25, -0.2) is 9.59 Å². The summed E-state index contributed by atoms with van der Waals surface area (Å²) >= 11 is 0. The molecule has 0 unspecified atom stereocenters. The van der Waals surface area contributed by atoms with Gasteiger partial charge in [-0.1, -0.05) is 91.0 Å². The van der Waals surface area contributed by atoms with Crippen molar-refractivity contribution in [2.24, 2.45) is 0 Å². The Kier molecular flexibility index (Phi) is 12.6. The molecule has 0 radical (unpaired) electrons. The van der Waals surface area contributed by atoms with Crippen LogP contribution < -0.4 is 20.7 Å². The third-order valence-corrected chi connectivity index (χ3v) is 10.7. The molecular formula is C48H47N3O9. The summed E-state index contributed by atoms with van der Waals surface area (Å²) in [5, 5.41) is 0. The average Bonchev–Trinajstić information content (AvgIpc) is 3.29. The molecule has 1 fully saturated rings. The number of hydrogen-bond acceptors (Lipinski definition) is 10. The Morgan fingerprint density at radius 2 is 1.22 bits per heavy atom. The van der Waals surface area contributed by atoms with Crippen LogP contribution in [0.5, 0.6) is 11.5 Å². The molecule has 5 aromatic carbocycles. The minimum atomic E-state index is -1.43. The zero-order chi connectivity index (χ0) is 42.3. The molecule has 1 aliphatic rings. The number of carbonyl (C=O) groups excluding carboxylic acids is 2. The number of nitrogens with zero attached hydrogens (tertiary/aromatic N) is 3. The first-order chi connectivity index (χ1) is 29.1. The summed E-state index contributed by atoms with van der Waals surface area (Å²) in [4.78, 5) is 56.8. The van der Waals surface area contributed by atoms with Crippen LogP contribution in [0.2, 0.25) is 0 Å². The van der Waals surface area contributed by atoms with E-state index in [4.69, 9.17) is 23.7 Å². The van der Waals surface area contributed by atoms with E-state index in [0.717, 1.165) is 16.7 Å². The van der Waals surface area contributed by atoms with Crippen molar-refractivity contribution < 1.29 is 33.3 Å². The molecule has 2 atom stereocenters. The third-order valence-electron chi connectivity index (χ3n) is 10.7. The van der Waals surface area contributed by atoms with Gasteiger partial charge in [-0.05, 0) is 79.1 Å². The molecule has 1 saturated heterocycles. The van der Waals surface area contributed by atoms with Crippen LogP contribution in [0, 0.1) is 0 Å². The van der Waals surface area contributed by atoms with Gasteiger partial charge >= 0.3 is 11.7 Å². The van der Waals surface area contributed by atoms with Gasteiger partial charge < -0.3 is 23.7 Å². The van der Waals surface area contributed by atoms with E-state index < -0.39 is 40.6 Å². The van der Waals surface area contributed by atoms with E-state index in [9.17, 15) is 19.2 Å². The van der Waals surface area contributed by atoms with Crippen LogP contribution in [0.25, 0.3) is 0 Å². The number of hydrogen-bond donors (Lipinski definition) is 0. The summed E-state index contributed by atoms with van der Waals surface area (Å²) in [6.45, 7) is 3.99. The summed E-state index contributed by atoms with van der Waals surface area (Å²) in [5.74, 6) is -0.0309. The fraction of sp³-hybridized carbons (Fsp3) is 0.250. The quantitative estimate of drug-likeness (QED) is 0.0882. The molecule has 0 saturated carbocycles. The molecule has 0 N–H and O–H groups in total. The van der Waals surface area contributed by atoms with E-state index in [0.29, 0.717) is 21.6 Å². The molecule has 6 aromatic rings. The molecule has 7 rings (SSSR count). The Morgan fingerprint density at radius 1 is 0.700 bits per heavy atom. The second kappa shape index (κ2) is 18.1. The van der Waals surface area contributed by atoms with Gasteiger partial charge in [0, 0.05) is 37.0 Å².